The van der Waals surface area contributed by atoms with E-state index in [4.69, 9.17) is 18.6 Å². The van der Waals surface area contributed by atoms with Gasteiger partial charge in [-0.05, 0) is 43.3 Å². The van der Waals surface area contributed by atoms with Crippen LogP contribution >= 0.6 is 15.9 Å². The van der Waals surface area contributed by atoms with E-state index >= 15 is 0 Å². The molecule has 0 atom stereocenters. The third kappa shape index (κ3) is 6.05. The second-order valence-electron chi connectivity index (χ2n) is 6.87. The third-order valence-electron chi connectivity index (χ3n) is 4.54. The van der Waals surface area contributed by atoms with Gasteiger partial charge in [0.25, 0.3) is 5.91 Å². The average molecular weight is 530 g/mol. The number of benzene rings is 2. The number of carbonyl (C=O) groups excluding carboxylic acids is 2. The lowest BCUT2D eigenvalue weighted by atomic mass is 10.1. The Morgan fingerprint density at radius 2 is 1.88 bits per heavy atom. The predicted molar refractivity (Wildman–Crippen MR) is 116 cm³/mol. The van der Waals surface area contributed by atoms with E-state index in [1.54, 1.807) is 25.1 Å². The fourth-order valence-electron chi connectivity index (χ4n) is 2.94. The maximum Gasteiger partial charge on any atom is 0.416 e. The lowest BCUT2D eigenvalue weighted by Crippen LogP contribution is -2.22. The maximum atomic E-state index is 13.1. The van der Waals surface area contributed by atoms with Crippen LogP contribution in [-0.2, 0) is 20.4 Å². The zero-order valence-electron chi connectivity index (χ0n) is 17.5. The van der Waals surface area contributed by atoms with Gasteiger partial charge < -0.3 is 23.9 Å². The first-order chi connectivity index (χ1) is 15.6. The number of furan rings is 1. The summed E-state index contributed by atoms with van der Waals surface area (Å²) < 4.78 is 60.8. The molecule has 3 rings (SSSR count). The van der Waals surface area contributed by atoms with E-state index in [1.165, 1.54) is 7.11 Å². The third-order valence-corrected chi connectivity index (χ3v) is 5.04. The van der Waals surface area contributed by atoms with E-state index in [2.05, 4.69) is 21.2 Å². The van der Waals surface area contributed by atoms with Gasteiger partial charge in [-0.3, -0.25) is 4.79 Å². The number of anilines is 1. The van der Waals surface area contributed by atoms with Gasteiger partial charge in [0.2, 0.25) is 5.76 Å². The highest BCUT2D eigenvalue weighted by Gasteiger charge is 2.31. The van der Waals surface area contributed by atoms with Gasteiger partial charge in [-0.25, -0.2) is 4.79 Å². The van der Waals surface area contributed by atoms with Gasteiger partial charge in [-0.2, -0.15) is 13.2 Å². The van der Waals surface area contributed by atoms with Crippen LogP contribution in [0.4, 0.5) is 18.9 Å². The molecule has 0 aliphatic heterocycles. The summed E-state index contributed by atoms with van der Waals surface area (Å²) in [6.07, 6.45) is -4.62. The highest BCUT2D eigenvalue weighted by atomic mass is 79.9. The van der Waals surface area contributed by atoms with Gasteiger partial charge in [0, 0.05) is 22.5 Å². The van der Waals surface area contributed by atoms with Crippen LogP contribution in [0.3, 0.4) is 0 Å². The van der Waals surface area contributed by atoms with Crippen LogP contribution in [0.25, 0.3) is 11.0 Å². The van der Waals surface area contributed by atoms with E-state index in [-0.39, 0.29) is 30.4 Å². The SMILES string of the molecule is COCCOc1ccc(C(F)(F)F)cc1NC(=O)COC(=O)c1oc2ccc(Br)cc2c1C. The van der Waals surface area contributed by atoms with E-state index in [1.807, 2.05) is 0 Å². The molecular weight excluding hydrogens is 511 g/mol. The smallest absolute Gasteiger partial charge is 0.416 e. The fraction of sp³-hybridized carbons (Fsp3) is 0.273. The molecule has 0 aliphatic carbocycles. The second kappa shape index (κ2) is 10.3. The van der Waals surface area contributed by atoms with E-state index < -0.39 is 30.2 Å². The van der Waals surface area contributed by atoms with Crippen LogP contribution in [0.5, 0.6) is 5.75 Å². The molecule has 1 heterocycles. The van der Waals surface area contributed by atoms with Crippen molar-refractivity contribution in [2.75, 3.05) is 32.2 Å². The van der Waals surface area contributed by atoms with Crippen LogP contribution in [0.2, 0.25) is 0 Å². The van der Waals surface area contributed by atoms with Crippen molar-refractivity contribution in [1.29, 1.82) is 0 Å². The number of carbonyl (C=O) groups is 2. The van der Waals surface area contributed by atoms with Crippen molar-refractivity contribution in [3.8, 4) is 5.75 Å². The highest BCUT2D eigenvalue weighted by molar-refractivity contribution is 9.10. The van der Waals surface area contributed by atoms with Crippen molar-refractivity contribution < 1.29 is 41.4 Å². The summed E-state index contributed by atoms with van der Waals surface area (Å²) >= 11 is 3.34. The monoisotopic (exact) mass is 529 g/mol. The molecule has 1 N–H and O–H groups in total. The summed E-state index contributed by atoms with van der Waals surface area (Å²) in [7, 11) is 1.44. The number of halogens is 4. The molecule has 0 saturated heterocycles. The van der Waals surface area contributed by atoms with E-state index in [0.717, 1.165) is 22.7 Å². The summed E-state index contributed by atoms with van der Waals surface area (Å²) in [4.78, 5) is 24.7. The number of alkyl halides is 3. The van der Waals surface area contributed by atoms with Gasteiger partial charge in [0.1, 0.15) is 17.9 Å². The van der Waals surface area contributed by atoms with Crippen molar-refractivity contribution in [2.45, 2.75) is 13.1 Å². The average Bonchev–Trinajstić information content (AvgIpc) is 3.08. The molecule has 0 spiro atoms. The summed E-state index contributed by atoms with van der Waals surface area (Å²) in [6, 6.07) is 7.86. The van der Waals surface area contributed by atoms with Crippen molar-refractivity contribution in [1.82, 2.24) is 0 Å². The number of nitrogens with one attached hydrogen (secondary N) is 1. The lowest BCUT2D eigenvalue weighted by molar-refractivity contribution is -0.137. The number of ether oxygens (including phenoxy) is 3. The van der Waals surface area contributed by atoms with Crippen LogP contribution < -0.4 is 10.1 Å². The molecule has 0 bridgehead atoms. The Bertz CT molecular complexity index is 1170. The molecular formula is C22H19BrF3NO6. The van der Waals surface area contributed by atoms with Gasteiger partial charge in [0.15, 0.2) is 6.61 Å². The molecule has 0 aliphatic rings. The molecule has 1 amide bonds. The number of amides is 1. The number of fused-ring (bicyclic) bond motifs is 1. The number of esters is 1. The second-order valence-corrected chi connectivity index (χ2v) is 7.79. The van der Waals surface area contributed by atoms with Crippen molar-refractivity contribution in [2.24, 2.45) is 0 Å². The molecule has 1 aromatic heterocycles. The minimum absolute atomic E-state index is 0.0124. The van der Waals surface area contributed by atoms with Gasteiger partial charge in [-0.15, -0.1) is 0 Å². The first kappa shape index (κ1) is 24.6. The summed E-state index contributed by atoms with van der Waals surface area (Å²) in [6.45, 7) is 1.18. The number of aryl methyl sites for hydroxylation is 1. The standard InChI is InChI=1S/C22H19BrF3NO6/c1-12-15-10-14(23)4-6-17(15)33-20(12)21(29)32-11-19(28)27-16-9-13(22(24,25)26)3-5-18(16)31-8-7-30-2/h3-6,9-10H,7-8,11H2,1-2H3,(H,27,28). The molecule has 0 radical (unpaired) electrons. The Labute approximate surface area is 194 Å². The molecule has 3 aromatic rings. The zero-order valence-corrected chi connectivity index (χ0v) is 19.1. The first-order valence-electron chi connectivity index (χ1n) is 9.58. The minimum Gasteiger partial charge on any atom is -0.489 e. The molecule has 0 fully saturated rings. The van der Waals surface area contributed by atoms with Gasteiger partial charge in [0.05, 0.1) is 17.9 Å². The maximum absolute atomic E-state index is 13.1. The van der Waals surface area contributed by atoms with Crippen molar-refractivity contribution in [3.63, 3.8) is 0 Å². The zero-order chi connectivity index (χ0) is 24.2. The van der Waals surface area contributed by atoms with E-state index in [9.17, 15) is 22.8 Å². The van der Waals surface area contributed by atoms with Crippen LogP contribution in [0.1, 0.15) is 21.7 Å². The normalized spacial score (nSPS) is 11.5. The highest BCUT2D eigenvalue weighted by Crippen LogP contribution is 2.35. The number of rotatable bonds is 8. The van der Waals surface area contributed by atoms with Crippen LogP contribution in [0.15, 0.2) is 45.3 Å². The molecule has 33 heavy (non-hydrogen) atoms. The summed E-state index contributed by atoms with van der Waals surface area (Å²) in [5.41, 5.74) is -0.193. The summed E-state index contributed by atoms with van der Waals surface area (Å²) in [5.74, 6) is -1.79. The Morgan fingerprint density at radius 1 is 1.12 bits per heavy atom. The molecule has 7 nitrogen and oxygen atoms in total. The largest absolute Gasteiger partial charge is 0.489 e. The number of hydrogen-bond acceptors (Lipinski definition) is 6. The summed E-state index contributed by atoms with van der Waals surface area (Å²) in [5, 5.41) is 2.98. The Balaban J connectivity index is 1.71. The van der Waals surface area contributed by atoms with Crippen LogP contribution in [0, 0.1) is 6.92 Å². The van der Waals surface area contributed by atoms with Gasteiger partial charge >= 0.3 is 12.1 Å². The lowest BCUT2D eigenvalue weighted by Gasteiger charge is -2.15. The van der Waals surface area contributed by atoms with Crippen LogP contribution in [-0.4, -0.2) is 38.8 Å². The number of hydrogen-bond donors (Lipinski definition) is 1. The van der Waals surface area contributed by atoms with E-state index in [0.29, 0.717) is 16.5 Å². The molecule has 0 saturated carbocycles. The van der Waals surface area contributed by atoms with Crippen molar-refractivity contribution in [3.05, 3.63) is 57.8 Å². The topological polar surface area (TPSA) is 87.0 Å². The fourth-order valence-corrected chi connectivity index (χ4v) is 3.30. The first-order valence-corrected chi connectivity index (χ1v) is 10.4. The molecule has 0 unspecified atom stereocenters. The number of methoxy groups -OCH3 is 1. The molecule has 2 aromatic carbocycles. The van der Waals surface area contributed by atoms with Crippen molar-refractivity contribution >= 4 is 44.5 Å². The quantitative estimate of drug-likeness (QED) is 0.313. The minimum atomic E-state index is -4.62. The Hall–Kier alpha value is -3.05. The molecule has 176 valence electrons. The molecule has 11 heteroatoms. The predicted octanol–water partition coefficient (Wildman–Crippen LogP) is 5.34. The Kier molecular flexibility index (Phi) is 7.65. The Morgan fingerprint density at radius 3 is 2.58 bits per heavy atom. The van der Waals surface area contributed by atoms with Gasteiger partial charge in [-0.1, -0.05) is 15.9 Å².